The van der Waals surface area contributed by atoms with Crippen molar-refractivity contribution in [1.82, 2.24) is 15.0 Å². The first-order chi connectivity index (χ1) is 10.2. The van der Waals surface area contributed by atoms with Crippen LogP contribution in [-0.2, 0) is 5.54 Å². The highest BCUT2D eigenvalue weighted by Crippen LogP contribution is 2.58. The van der Waals surface area contributed by atoms with Crippen LogP contribution in [-0.4, -0.2) is 28.1 Å². The van der Waals surface area contributed by atoms with Gasteiger partial charge in [-0.15, -0.1) is 5.10 Å². The van der Waals surface area contributed by atoms with Crippen LogP contribution in [0.15, 0.2) is 6.20 Å². The summed E-state index contributed by atoms with van der Waals surface area (Å²) in [6.45, 7) is 6.54. The average Bonchev–Trinajstić information content (AvgIpc) is 2.93. The summed E-state index contributed by atoms with van der Waals surface area (Å²) >= 11 is 0. The molecule has 0 spiro atoms. The lowest BCUT2D eigenvalue weighted by molar-refractivity contribution is -0.0502. The number of hydrogen-bond donors (Lipinski definition) is 0. The lowest BCUT2D eigenvalue weighted by Gasteiger charge is -2.56. The summed E-state index contributed by atoms with van der Waals surface area (Å²) in [5.74, 6) is 3.96. The summed E-state index contributed by atoms with van der Waals surface area (Å²) in [6.07, 6.45) is 11.9. The second-order valence-corrected chi connectivity index (χ2v) is 7.74. The molecule has 4 aliphatic rings. The molecule has 0 aliphatic heterocycles. The Hall–Kier alpha value is -1.06. The van der Waals surface area contributed by atoms with E-state index in [1.807, 2.05) is 0 Å². The third-order valence-electron chi connectivity index (χ3n) is 6.17. The van der Waals surface area contributed by atoms with Crippen LogP contribution in [0.4, 0.5) is 5.82 Å². The molecule has 4 saturated carbocycles. The van der Waals surface area contributed by atoms with Crippen LogP contribution in [0.1, 0.15) is 58.8 Å². The highest BCUT2D eigenvalue weighted by Gasteiger charge is 2.52. The summed E-state index contributed by atoms with van der Waals surface area (Å²) in [4.78, 5) is 2.35. The molecule has 5 rings (SSSR count). The molecule has 116 valence electrons. The lowest BCUT2D eigenvalue weighted by Crippen LogP contribution is -2.52. The van der Waals surface area contributed by atoms with Crippen LogP contribution in [0.3, 0.4) is 0 Å². The normalized spacial score (nSPS) is 37.1. The molecule has 1 heterocycles. The molecular formula is C17H28N4. The maximum atomic E-state index is 4.58. The maximum absolute atomic E-state index is 4.58. The van der Waals surface area contributed by atoms with Crippen LogP contribution in [0.5, 0.6) is 0 Å². The number of aromatic nitrogens is 3. The summed E-state index contributed by atoms with van der Waals surface area (Å²) in [7, 11) is 0. The predicted molar refractivity (Wildman–Crippen MR) is 84.3 cm³/mol. The number of rotatable bonds is 5. The molecule has 4 nitrogen and oxygen atoms in total. The van der Waals surface area contributed by atoms with Gasteiger partial charge in [-0.1, -0.05) is 12.1 Å². The predicted octanol–water partition coefficient (Wildman–Crippen LogP) is 3.44. The molecule has 0 N–H and O–H groups in total. The van der Waals surface area contributed by atoms with E-state index >= 15 is 0 Å². The number of anilines is 1. The van der Waals surface area contributed by atoms with Gasteiger partial charge in [-0.2, -0.15) is 0 Å². The Balaban J connectivity index is 1.60. The van der Waals surface area contributed by atoms with Gasteiger partial charge in [-0.25, -0.2) is 4.68 Å². The molecule has 0 saturated heterocycles. The fourth-order valence-electron chi connectivity index (χ4n) is 5.68. The Labute approximate surface area is 127 Å². The zero-order chi connectivity index (χ0) is 14.4. The second-order valence-electron chi connectivity index (χ2n) is 7.74. The molecule has 1 aromatic rings. The van der Waals surface area contributed by atoms with Crippen molar-refractivity contribution in [3.63, 3.8) is 0 Å². The van der Waals surface area contributed by atoms with Gasteiger partial charge in [0.05, 0.1) is 11.7 Å². The van der Waals surface area contributed by atoms with E-state index in [1.54, 1.807) is 0 Å². The average molecular weight is 288 g/mol. The van der Waals surface area contributed by atoms with Gasteiger partial charge in [0.2, 0.25) is 0 Å². The topological polar surface area (TPSA) is 34.0 Å². The van der Waals surface area contributed by atoms with Crippen molar-refractivity contribution in [1.29, 1.82) is 0 Å². The zero-order valence-electron chi connectivity index (χ0n) is 13.5. The van der Waals surface area contributed by atoms with Crippen molar-refractivity contribution >= 4 is 5.82 Å². The van der Waals surface area contributed by atoms with Gasteiger partial charge in [-0.3, -0.25) is 0 Å². The fraction of sp³-hybridized carbons (Fsp3) is 0.882. The molecule has 21 heavy (non-hydrogen) atoms. The van der Waals surface area contributed by atoms with Gasteiger partial charge in [0.15, 0.2) is 5.82 Å². The van der Waals surface area contributed by atoms with E-state index in [2.05, 4.69) is 39.9 Å². The first-order valence-electron chi connectivity index (χ1n) is 8.90. The monoisotopic (exact) mass is 288 g/mol. The quantitative estimate of drug-likeness (QED) is 0.832. The van der Waals surface area contributed by atoms with Crippen LogP contribution >= 0.6 is 0 Å². The Morgan fingerprint density at radius 2 is 1.76 bits per heavy atom. The van der Waals surface area contributed by atoms with Gasteiger partial charge in [-0.05, 0) is 69.6 Å². The Morgan fingerprint density at radius 1 is 1.14 bits per heavy atom. The Bertz CT molecular complexity index is 471. The van der Waals surface area contributed by atoms with Crippen molar-refractivity contribution in [3.8, 4) is 0 Å². The molecule has 0 amide bonds. The molecule has 1 aromatic heterocycles. The van der Waals surface area contributed by atoms with Gasteiger partial charge >= 0.3 is 0 Å². The van der Waals surface area contributed by atoms with Crippen LogP contribution in [0.2, 0.25) is 0 Å². The molecule has 4 fully saturated rings. The molecular weight excluding hydrogens is 260 g/mol. The Morgan fingerprint density at radius 3 is 2.29 bits per heavy atom. The van der Waals surface area contributed by atoms with Crippen LogP contribution in [0.25, 0.3) is 0 Å². The fourth-order valence-corrected chi connectivity index (χ4v) is 5.68. The molecule has 4 aliphatic carbocycles. The highest BCUT2D eigenvalue weighted by molar-refractivity contribution is 5.34. The molecule has 4 heteroatoms. The van der Waals surface area contributed by atoms with Crippen molar-refractivity contribution < 1.29 is 0 Å². The van der Waals surface area contributed by atoms with Crippen LogP contribution < -0.4 is 4.90 Å². The van der Waals surface area contributed by atoms with E-state index in [0.29, 0.717) is 5.54 Å². The minimum absolute atomic E-state index is 0.311. The van der Waals surface area contributed by atoms with Gasteiger partial charge in [0.1, 0.15) is 0 Å². The number of nitrogens with zero attached hydrogens (tertiary/aromatic N) is 4. The zero-order valence-corrected chi connectivity index (χ0v) is 13.5. The SMILES string of the molecule is CCCN(CC)c1cn(C23CC4CC(CC(C4)C2)C3)nn1. The van der Waals surface area contributed by atoms with Crippen LogP contribution in [0, 0.1) is 17.8 Å². The van der Waals surface area contributed by atoms with E-state index in [-0.39, 0.29) is 0 Å². The summed E-state index contributed by atoms with van der Waals surface area (Å²) in [5.41, 5.74) is 0.311. The van der Waals surface area contributed by atoms with E-state index in [9.17, 15) is 0 Å². The number of hydrogen-bond acceptors (Lipinski definition) is 3. The smallest absolute Gasteiger partial charge is 0.171 e. The Kier molecular flexibility index (Phi) is 3.23. The maximum Gasteiger partial charge on any atom is 0.171 e. The van der Waals surface area contributed by atoms with E-state index in [4.69, 9.17) is 0 Å². The first-order valence-corrected chi connectivity index (χ1v) is 8.90. The molecule has 0 aromatic carbocycles. The third-order valence-corrected chi connectivity index (χ3v) is 6.17. The highest BCUT2D eigenvalue weighted by atomic mass is 15.5. The van der Waals surface area contributed by atoms with Gasteiger partial charge in [0, 0.05) is 13.1 Å². The summed E-state index contributed by atoms with van der Waals surface area (Å²) < 4.78 is 2.27. The van der Waals surface area contributed by atoms with E-state index in [1.165, 1.54) is 38.5 Å². The van der Waals surface area contributed by atoms with Gasteiger partial charge in [0.25, 0.3) is 0 Å². The van der Waals surface area contributed by atoms with Crippen molar-refractivity contribution in [2.24, 2.45) is 17.8 Å². The van der Waals surface area contributed by atoms with Crippen molar-refractivity contribution in [2.45, 2.75) is 64.3 Å². The first kappa shape index (κ1) is 13.6. The summed E-state index contributed by atoms with van der Waals surface area (Å²) in [6, 6.07) is 0. The minimum Gasteiger partial charge on any atom is -0.354 e. The summed E-state index contributed by atoms with van der Waals surface area (Å²) in [5, 5.41) is 9.08. The van der Waals surface area contributed by atoms with Crippen molar-refractivity contribution in [3.05, 3.63) is 6.20 Å². The molecule has 0 unspecified atom stereocenters. The molecule has 0 atom stereocenters. The standard InChI is InChI=1S/C17H28N4/c1-3-5-20(4-2)16-12-21(19-18-16)17-9-13-6-14(10-17)8-15(7-13)11-17/h12-15H,3-11H2,1-2H3. The van der Waals surface area contributed by atoms with Gasteiger partial charge < -0.3 is 4.90 Å². The van der Waals surface area contributed by atoms with E-state index in [0.717, 1.165) is 43.1 Å². The molecule has 0 radical (unpaired) electrons. The second kappa shape index (κ2) is 4.99. The minimum atomic E-state index is 0.311. The molecule has 4 bridgehead atoms. The van der Waals surface area contributed by atoms with Crippen molar-refractivity contribution in [2.75, 3.05) is 18.0 Å². The van der Waals surface area contributed by atoms with E-state index < -0.39 is 0 Å². The third kappa shape index (κ3) is 2.18. The lowest BCUT2D eigenvalue weighted by atomic mass is 9.53. The largest absolute Gasteiger partial charge is 0.354 e.